The minimum atomic E-state index is -1.00. The Hall–Kier alpha value is -4.03. The number of carbonyl (C=O) groups excluding carboxylic acids is 1. The summed E-state index contributed by atoms with van der Waals surface area (Å²) in [7, 11) is 2.12. The first-order chi connectivity index (χ1) is 20.4. The van der Waals surface area contributed by atoms with E-state index in [1.165, 1.54) is 21.2 Å². The van der Waals surface area contributed by atoms with E-state index in [2.05, 4.69) is 72.0 Å². The number of anilines is 1. The summed E-state index contributed by atoms with van der Waals surface area (Å²) < 4.78 is 20.0. The molecule has 6 rings (SSSR count). The number of amides is 1. The summed E-state index contributed by atoms with van der Waals surface area (Å²) in [4.78, 5) is 28.3. The average molecular weight is 569 g/mol. The van der Waals surface area contributed by atoms with E-state index in [9.17, 15) is 14.4 Å². The van der Waals surface area contributed by atoms with E-state index in [1.54, 1.807) is 0 Å². The second-order valence-corrected chi connectivity index (χ2v) is 11.7. The Kier molecular flexibility index (Phi) is 8.07. The summed E-state index contributed by atoms with van der Waals surface area (Å²) in [5.74, 6) is -0.628. The van der Waals surface area contributed by atoms with Crippen LogP contribution in [0.4, 0.5) is 10.2 Å². The van der Waals surface area contributed by atoms with E-state index < -0.39 is 17.8 Å². The van der Waals surface area contributed by atoms with Crippen molar-refractivity contribution in [3.05, 3.63) is 71.7 Å². The molecule has 218 valence electrons. The number of fused-ring (bicyclic) bond motifs is 2. The zero-order chi connectivity index (χ0) is 29.2. The number of nitrogens with zero attached hydrogens (tertiary/aromatic N) is 6. The first-order valence-corrected chi connectivity index (χ1v) is 14.9. The number of carbonyl (C=O) groups is 1. The van der Waals surface area contributed by atoms with Crippen molar-refractivity contribution in [1.82, 2.24) is 19.8 Å². The number of ether oxygens (including phenoxy) is 1. The number of likely N-dealkylation sites (N-methyl/N-ethyl adjacent to an activating group) is 1. The van der Waals surface area contributed by atoms with Crippen LogP contribution in [0.5, 0.6) is 6.01 Å². The molecule has 3 unspecified atom stereocenters. The molecule has 3 atom stereocenters. The Balaban J connectivity index is 1.32. The molecule has 8 nitrogen and oxygen atoms in total. The van der Waals surface area contributed by atoms with Gasteiger partial charge in [-0.1, -0.05) is 49.0 Å². The van der Waals surface area contributed by atoms with Crippen molar-refractivity contribution >= 4 is 22.5 Å². The lowest BCUT2D eigenvalue weighted by molar-refractivity contribution is -0.131. The van der Waals surface area contributed by atoms with Gasteiger partial charge in [-0.15, -0.1) is 0 Å². The van der Waals surface area contributed by atoms with Crippen molar-refractivity contribution in [3.63, 3.8) is 0 Å². The zero-order valence-electron chi connectivity index (χ0n) is 24.1. The third-order valence-electron chi connectivity index (χ3n) is 9.17. The van der Waals surface area contributed by atoms with Crippen LogP contribution in [0.2, 0.25) is 0 Å². The second-order valence-electron chi connectivity index (χ2n) is 11.7. The minimum absolute atomic E-state index is 0.101. The monoisotopic (exact) mass is 568 g/mol. The largest absolute Gasteiger partial charge is 0.462 e. The van der Waals surface area contributed by atoms with E-state index in [-0.39, 0.29) is 13.0 Å². The predicted octanol–water partition coefficient (Wildman–Crippen LogP) is 4.79. The molecular formula is C33H37FN6O2. The zero-order valence-corrected chi connectivity index (χ0v) is 24.1. The summed E-state index contributed by atoms with van der Waals surface area (Å²) in [5, 5.41) is 12.0. The minimum Gasteiger partial charge on any atom is -0.462 e. The second kappa shape index (κ2) is 12.1. The molecule has 2 fully saturated rings. The number of hydrogen-bond acceptors (Lipinski definition) is 7. The highest BCUT2D eigenvalue weighted by Gasteiger charge is 2.35. The van der Waals surface area contributed by atoms with Gasteiger partial charge in [0.05, 0.1) is 24.2 Å². The number of hydrogen-bond donors (Lipinski definition) is 0. The van der Waals surface area contributed by atoms with Gasteiger partial charge in [0, 0.05) is 31.2 Å². The standard InChI is InChI=1S/C33H37FN6O2/c1-22(34)32(41)40-18-17-39(20-25(40)14-15-35)31-29-13-12-24(28-11-5-8-23-7-3-4-10-27(23)28)19-30(29)36-33(37-31)42-21-26-9-6-16-38(26)2/h3-5,7-8,10-11,24-26H,1,6,9,12-14,16-21H2,2H3. The average Bonchev–Trinajstić information content (AvgIpc) is 3.43. The fourth-order valence-electron chi connectivity index (χ4n) is 6.88. The summed E-state index contributed by atoms with van der Waals surface area (Å²) in [5.41, 5.74) is 3.43. The van der Waals surface area contributed by atoms with Gasteiger partial charge in [-0.2, -0.15) is 15.2 Å². The van der Waals surface area contributed by atoms with Crippen LogP contribution in [0.3, 0.4) is 0 Å². The van der Waals surface area contributed by atoms with Gasteiger partial charge in [0.2, 0.25) is 0 Å². The SMILES string of the molecule is C=C(F)C(=O)N1CCN(c2nc(OCC3CCCN3C)nc3c2CCC(c2cccc4ccccc24)C3)CC1CC#N. The molecule has 3 aliphatic rings. The van der Waals surface area contributed by atoms with Crippen molar-refractivity contribution in [2.45, 2.75) is 56.5 Å². The normalized spacial score (nSPS) is 22.5. The van der Waals surface area contributed by atoms with E-state index in [1.807, 2.05) is 0 Å². The van der Waals surface area contributed by atoms with Crippen molar-refractivity contribution in [3.8, 4) is 12.1 Å². The molecule has 0 saturated carbocycles. The third-order valence-corrected chi connectivity index (χ3v) is 9.17. The molecule has 2 aromatic carbocycles. The van der Waals surface area contributed by atoms with Crippen LogP contribution in [-0.4, -0.2) is 77.6 Å². The molecule has 1 aliphatic carbocycles. The van der Waals surface area contributed by atoms with Gasteiger partial charge in [-0.25, -0.2) is 4.39 Å². The maximum absolute atomic E-state index is 13.8. The Morgan fingerprint density at radius 2 is 1.95 bits per heavy atom. The molecule has 1 amide bonds. The Bertz CT molecular complexity index is 1530. The summed E-state index contributed by atoms with van der Waals surface area (Å²) in [6, 6.07) is 17.4. The van der Waals surface area contributed by atoms with E-state index in [4.69, 9.17) is 14.7 Å². The maximum Gasteiger partial charge on any atom is 0.318 e. The van der Waals surface area contributed by atoms with Gasteiger partial charge in [0.25, 0.3) is 5.91 Å². The number of benzene rings is 2. The number of aromatic nitrogens is 2. The van der Waals surface area contributed by atoms with Gasteiger partial charge in [-0.3, -0.25) is 4.79 Å². The van der Waals surface area contributed by atoms with E-state index in [0.717, 1.165) is 55.7 Å². The molecule has 2 saturated heterocycles. The van der Waals surface area contributed by atoms with Crippen LogP contribution in [0.25, 0.3) is 10.8 Å². The number of halogens is 1. The Morgan fingerprint density at radius 3 is 2.74 bits per heavy atom. The van der Waals surface area contributed by atoms with E-state index in [0.29, 0.717) is 37.7 Å². The molecule has 3 heterocycles. The van der Waals surface area contributed by atoms with Crippen LogP contribution < -0.4 is 9.64 Å². The maximum atomic E-state index is 13.8. The number of piperazine rings is 1. The van der Waals surface area contributed by atoms with Gasteiger partial charge in [-0.05, 0) is 68.0 Å². The predicted molar refractivity (Wildman–Crippen MR) is 160 cm³/mol. The number of rotatable bonds is 7. The molecule has 42 heavy (non-hydrogen) atoms. The third kappa shape index (κ3) is 5.56. The molecule has 3 aromatic rings. The summed E-state index contributed by atoms with van der Waals surface area (Å²) >= 11 is 0. The molecular weight excluding hydrogens is 531 g/mol. The van der Waals surface area contributed by atoms with Gasteiger partial charge >= 0.3 is 6.01 Å². The fourth-order valence-corrected chi connectivity index (χ4v) is 6.88. The van der Waals surface area contributed by atoms with Crippen molar-refractivity contribution in [2.75, 3.05) is 44.7 Å². The van der Waals surface area contributed by atoms with Crippen LogP contribution in [0.15, 0.2) is 54.9 Å². The Morgan fingerprint density at radius 1 is 1.12 bits per heavy atom. The fraction of sp³-hybridized carbons (Fsp3) is 0.455. The van der Waals surface area contributed by atoms with Crippen LogP contribution in [0, 0.1) is 11.3 Å². The Labute approximate surface area is 246 Å². The van der Waals surface area contributed by atoms with E-state index >= 15 is 0 Å². The first-order valence-electron chi connectivity index (χ1n) is 14.9. The van der Waals surface area contributed by atoms with Crippen molar-refractivity contribution in [1.29, 1.82) is 5.26 Å². The van der Waals surface area contributed by atoms with Crippen molar-refractivity contribution < 1.29 is 13.9 Å². The van der Waals surface area contributed by atoms with Gasteiger partial charge in [0.15, 0.2) is 5.83 Å². The molecule has 9 heteroatoms. The highest BCUT2D eigenvalue weighted by Crippen LogP contribution is 2.39. The van der Waals surface area contributed by atoms with Crippen LogP contribution in [-0.2, 0) is 17.6 Å². The number of likely N-dealkylation sites (tertiary alicyclic amines) is 1. The lowest BCUT2D eigenvalue weighted by Gasteiger charge is -2.42. The summed E-state index contributed by atoms with van der Waals surface area (Å²) in [6.45, 7) is 5.92. The molecule has 0 spiro atoms. The first kappa shape index (κ1) is 28.1. The lowest BCUT2D eigenvalue weighted by atomic mass is 9.80. The highest BCUT2D eigenvalue weighted by molar-refractivity contribution is 5.91. The highest BCUT2D eigenvalue weighted by atomic mass is 19.1. The molecule has 2 aliphatic heterocycles. The van der Waals surface area contributed by atoms with Gasteiger partial charge < -0.3 is 19.4 Å². The molecule has 0 N–H and O–H groups in total. The summed E-state index contributed by atoms with van der Waals surface area (Å²) in [6.07, 6.45) is 4.90. The molecule has 0 radical (unpaired) electrons. The quantitative estimate of drug-likeness (QED) is 0.379. The lowest BCUT2D eigenvalue weighted by Crippen LogP contribution is -2.55. The smallest absolute Gasteiger partial charge is 0.318 e. The van der Waals surface area contributed by atoms with Crippen LogP contribution in [0.1, 0.15) is 48.4 Å². The number of nitriles is 1. The molecule has 1 aromatic heterocycles. The van der Waals surface area contributed by atoms with Crippen LogP contribution >= 0.6 is 0 Å². The molecule has 0 bridgehead atoms. The van der Waals surface area contributed by atoms with Gasteiger partial charge in [0.1, 0.15) is 12.4 Å². The van der Waals surface area contributed by atoms with Crippen molar-refractivity contribution in [2.24, 2.45) is 0 Å². The topological polar surface area (TPSA) is 85.6 Å².